The molecule has 1 aliphatic rings. The number of aryl methyl sites for hydroxylation is 1. The molecule has 20 heavy (non-hydrogen) atoms. The fourth-order valence-electron chi connectivity index (χ4n) is 2.47. The summed E-state index contributed by atoms with van der Waals surface area (Å²) in [6.07, 6.45) is 2.01. The van der Waals surface area contributed by atoms with Crippen LogP contribution in [0.25, 0.3) is 0 Å². The first kappa shape index (κ1) is 13.4. The third-order valence-electron chi connectivity index (χ3n) is 3.59. The van der Waals surface area contributed by atoms with Crippen LogP contribution >= 0.6 is 11.6 Å². The van der Waals surface area contributed by atoms with Gasteiger partial charge in [0.1, 0.15) is 11.6 Å². The summed E-state index contributed by atoms with van der Waals surface area (Å²) in [7, 11) is 0. The molecule has 0 bridgehead atoms. The van der Waals surface area contributed by atoms with Crippen molar-refractivity contribution in [3.63, 3.8) is 0 Å². The first-order valence-corrected chi connectivity index (χ1v) is 6.99. The molecule has 1 unspecified atom stereocenters. The number of nitrogens with two attached hydrogens (primary N) is 1. The second-order valence-corrected chi connectivity index (χ2v) is 5.38. The molecule has 1 atom stereocenters. The fourth-order valence-corrected chi connectivity index (χ4v) is 2.59. The molecule has 0 amide bonds. The van der Waals surface area contributed by atoms with Gasteiger partial charge >= 0.3 is 0 Å². The number of halogens is 2. The van der Waals surface area contributed by atoms with Crippen molar-refractivity contribution in [3.05, 3.63) is 63.9 Å². The van der Waals surface area contributed by atoms with Crippen molar-refractivity contribution in [1.82, 2.24) is 0 Å². The summed E-state index contributed by atoms with van der Waals surface area (Å²) in [6, 6.07) is 10.2. The van der Waals surface area contributed by atoms with E-state index in [1.54, 1.807) is 6.07 Å². The summed E-state index contributed by atoms with van der Waals surface area (Å²) in [5.41, 5.74) is 9.05. The zero-order chi connectivity index (χ0) is 14.1. The summed E-state index contributed by atoms with van der Waals surface area (Å²) in [4.78, 5) is 0. The van der Waals surface area contributed by atoms with Crippen LogP contribution in [0.1, 0.15) is 29.2 Å². The lowest BCUT2D eigenvalue weighted by molar-refractivity contribution is 0.288. The highest BCUT2D eigenvalue weighted by atomic mass is 35.5. The molecule has 0 spiro atoms. The molecule has 2 nitrogen and oxygen atoms in total. The molecule has 1 heterocycles. The molecule has 3 rings (SSSR count). The maximum Gasteiger partial charge on any atom is 0.142 e. The monoisotopic (exact) mass is 291 g/mol. The lowest BCUT2D eigenvalue weighted by atomic mass is 9.95. The van der Waals surface area contributed by atoms with Crippen molar-refractivity contribution in [2.45, 2.75) is 18.9 Å². The average Bonchev–Trinajstić information content (AvgIpc) is 2.49. The van der Waals surface area contributed by atoms with Crippen molar-refractivity contribution in [2.75, 3.05) is 6.61 Å². The molecule has 0 aliphatic carbocycles. The Hall–Kier alpha value is -1.58. The molecule has 104 valence electrons. The van der Waals surface area contributed by atoms with Crippen LogP contribution in [0.5, 0.6) is 5.75 Å². The molecule has 0 fully saturated rings. The number of hydrogen-bond acceptors (Lipinski definition) is 2. The molecule has 0 saturated carbocycles. The molecule has 4 heteroatoms. The summed E-state index contributed by atoms with van der Waals surface area (Å²) >= 11 is 5.69. The molecular formula is C16H15ClFNO. The maximum absolute atomic E-state index is 13.5. The summed E-state index contributed by atoms with van der Waals surface area (Å²) in [6.45, 7) is 0.765. The number of rotatable bonds is 2. The van der Waals surface area contributed by atoms with Gasteiger partial charge in [0.15, 0.2) is 0 Å². The Labute approximate surface area is 122 Å². The molecule has 2 aromatic rings. The Morgan fingerprint density at radius 1 is 1.15 bits per heavy atom. The van der Waals surface area contributed by atoms with Gasteiger partial charge in [-0.05, 0) is 47.7 Å². The van der Waals surface area contributed by atoms with Gasteiger partial charge in [0.05, 0.1) is 17.7 Å². The Kier molecular flexibility index (Phi) is 3.64. The standard InChI is InChI=1S/C16H15ClFNO/c17-13-5-3-12(9-14(13)18)16(19)11-4-6-15-10(8-11)2-1-7-20-15/h3-6,8-9,16H,1-2,7,19H2. The van der Waals surface area contributed by atoms with Gasteiger partial charge in [-0.2, -0.15) is 0 Å². The first-order chi connectivity index (χ1) is 9.65. The van der Waals surface area contributed by atoms with Gasteiger partial charge in [-0.1, -0.05) is 29.8 Å². The van der Waals surface area contributed by atoms with E-state index >= 15 is 0 Å². The Balaban J connectivity index is 1.93. The Morgan fingerprint density at radius 3 is 2.70 bits per heavy atom. The van der Waals surface area contributed by atoms with Crippen LogP contribution in [0.15, 0.2) is 36.4 Å². The number of fused-ring (bicyclic) bond motifs is 1. The second kappa shape index (κ2) is 5.43. The van der Waals surface area contributed by atoms with Crippen LogP contribution in [0.3, 0.4) is 0 Å². The van der Waals surface area contributed by atoms with Gasteiger partial charge in [0, 0.05) is 0 Å². The second-order valence-electron chi connectivity index (χ2n) is 4.97. The van der Waals surface area contributed by atoms with Crippen LogP contribution < -0.4 is 10.5 Å². The summed E-state index contributed by atoms with van der Waals surface area (Å²) in [5, 5.41) is 0.111. The van der Waals surface area contributed by atoms with Crippen molar-refractivity contribution in [3.8, 4) is 5.75 Å². The van der Waals surface area contributed by atoms with Crippen LogP contribution in [-0.4, -0.2) is 6.61 Å². The van der Waals surface area contributed by atoms with Gasteiger partial charge in [-0.25, -0.2) is 4.39 Å². The highest BCUT2D eigenvalue weighted by Crippen LogP contribution is 2.30. The van der Waals surface area contributed by atoms with E-state index in [9.17, 15) is 4.39 Å². The maximum atomic E-state index is 13.5. The SMILES string of the molecule is NC(c1ccc(Cl)c(F)c1)c1ccc2c(c1)CCCO2. The topological polar surface area (TPSA) is 35.2 Å². The normalized spacial score (nSPS) is 15.3. The van der Waals surface area contributed by atoms with Gasteiger partial charge in [0.25, 0.3) is 0 Å². The minimum absolute atomic E-state index is 0.111. The van der Waals surface area contributed by atoms with Crippen LogP contribution in [0, 0.1) is 5.82 Å². The van der Waals surface area contributed by atoms with E-state index in [-0.39, 0.29) is 11.1 Å². The molecule has 0 aromatic heterocycles. The minimum Gasteiger partial charge on any atom is -0.493 e. The minimum atomic E-state index is -0.444. The van der Waals surface area contributed by atoms with Crippen molar-refractivity contribution in [1.29, 1.82) is 0 Å². The van der Waals surface area contributed by atoms with Crippen molar-refractivity contribution < 1.29 is 9.13 Å². The summed E-state index contributed by atoms with van der Waals surface area (Å²) < 4.78 is 19.1. The molecule has 2 N–H and O–H groups in total. The largest absolute Gasteiger partial charge is 0.493 e. The smallest absolute Gasteiger partial charge is 0.142 e. The molecule has 0 radical (unpaired) electrons. The van der Waals surface area contributed by atoms with E-state index in [1.165, 1.54) is 17.7 Å². The lowest BCUT2D eigenvalue weighted by Gasteiger charge is -2.20. The number of benzene rings is 2. The zero-order valence-corrected chi connectivity index (χ0v) is 11.7. The Morgan fingerprint density at radius 2 is 1.90 bits per heavy atom. The third-order valence-corrected chi connectivity index (χ3v) is 3.90. The van der Waals surface area contributed by atoms with Crippen LogP contribution in [0.2, 0.25) is 5.02 Å². The van der Waals surface area contributed by atoms with Crippen molar-refractivity contribution in [2.24, 2.45) is 5.73 Å². The van der Waals surface area contributed by atoms with E-state index in [2.05, 4.69) is 0 Å². The average molecular weight is 292 g/mol. The van der Waals surface area contributed by atoms with E-state index in [4.69, 9.17) is 22.1 Å². The van der Waals surface area contributed by atoms with Gasteiger partial charge in [-0.15, -0.1) is 0 Å². The predicted octanol–water partition coefficient (Wildman–Crippen LogP) is 3.85. The highest BCUT2D eigenvalue weighted by Gasteiger charge is 2.15. The quantitative estimate of drug-likeness (QED) is 0.912. The highest BCUT2D eigenvalue weighted by molar-refractivity contribution is 6.30. The fraction of sp³-hybridized carbons (Fsp3) is 0.250. The van der Waals surface area contributed by atoms with Gasteiger partial charge in [0.2, 0.25) is 0 Å². The number of ether oxygens (including phenoxy) is 1. The first-order valence-electron chi connectivity index (χ1n) is 6.61. The molecule has 2 aromatic carbocycles. The number of hydrogen-bond donors (Lipinski definition) is 1. The third kappa shape index (κ3) is 2.51. The molecule has 1 aliphatic heterocycles. The van der Waals surface area contributed by atoms with Crippen LogP contribution in [0.4, 0.5) is 4.39 Å². The van der Waals surface area contributed by atoms with Gasteiger partial charge < -0.3 is 10.5 Å². The summed E-state index contributed by atoms with van der Waals surface area (Å²) in [5.74, 6) is 0.482. The predicted molar refractivity (Wildman–Crippen MR) is 77.7 cm³/mol. The Bertz CT molecular complexity index is 644. The molecule has 0 saturated heterocycles. The lowest BCUT2D eigenvalue weighted by Crippen LogP contribution is -2.14. The van der Waals surface area contributed by atoms with Crippen molar-refractivity contribution >= 4 is 11.6 Å². The van der Waals surface area contributed by atoms with E-state index < -0.39 is 5.82 Å². The van der Waals surface area contributed by atoms with Crippen LogP contribution in [-0.2, 0) is 6.42 Å². The molecular weight excluding hydrogens is 277 g/mol. The van der Waals surface area contributed by atoms with E-state index in [0.29, 0.717) is 5.56 Å². The zero-order valence-electron chi connectivity index (χ0n) is 10.9. The van der Waals surface area contributed by atoms with Gasteiger partial charge in [-0.3, -0.25) is 0 Å². The van der Waals surface area contributed by atoms with E-state index in [0.717, 1.165) is 30.8 Å². The van der Waals surface area contributed by atoms with E-state index in [1.807, 2.05) is 18.2 Å².